The molecule has 0 saturated heterocycles. The Hall–Kier alpha value is -1.38. The molecule has 1 unspecified atom stereocenters. The number of terminal acetylenes is 1. The zero-order valence-electron chi connectivity index (χ0n) is 5.20. The Morgan fingerprint density at radius 3 is 3.10 bits per heavy atom. The van der Waals surface area contributed by atoms with Gasteiger partial charge in [0.2, 0.25) is 0 Å². The maximum absolute atomic E-state index is 5.10. The van der Waals surface area contributed by atoms with E-state index in [-0.39, 0.29) is 6.04 Å². The number of nitrogens with one attached hydrogen (secondary N) is 2. The van der Waals surface area contributed by atoms with Crippen molar-refractivity contribution in [2.75, 3.05) is 0 Å². The van der Waals surface area contributed by atoms with E-state index < -0.39 is 0 Å². The van der Waals surface area contributed by atoms with Crippen molar-refractivity contribution in [3.8, 4) is 12.3 Å². The lowest BCUT2D eigenvalue weighted by molar-refractivity contribution is 0.653. The summed E-state index contributed by atoms with van der Waals surface area (Å²) < 4.78 is 0. The Morgan fingerprint density at radius 1 is 1.90 bits per heavy atom. The summed E-state index contributed by atoms with van der Waals surface area (Å²) in [7, 11) is 0. The molecule has 1 atom stereocenters. The first-order chi connectivity index (χ1) is 4.88. The van der Waals surface area contributed by atoms with Crippen LogP contribution in [0, 0.1) is 12.3 Å². The van der Waals surface area contributed by atoms with Crippen LogP contribution < -0.4 is 11.3 Å². The fourth-order valence-corrected chi connectivity index (χ4v) is 0.568. The van der Waals surface area contributed by atoms with Gasteiger partial charge in [-0.1, -0.05) is 5.92 Å². The Labute approximate surface area is 58.0 Å². The second-order valence-electron chi connectivity index (χ2n) is 1.66. The van der Waals surface area contributed by atoms with Crippen molar-refractivity contribution in [1.29, 1.82) is 0 Å². The van der Waals surface area contributed by atoms with E-state index in [2.05, 4.69) is 26.8 Å². The van der Waals surface area contributed by atoms with Gasteiger partial charge >= 0.3 is 0 Å². The van der Waals surface area contributed by atoms with Crippen molar-refractivity contribution in [3.05, 3.63) is 11.9 Å². The van der Waals surface area contributed by atoms with Gasteiger partial charge in [-0.2, -0.15) is 15.4 Å². The normalized spacial score (nSPS) is 12.4. The van der Waals surface area contributed by atoms with E-state index in [4.69, 9.17) is 12.3 Å². The molecule has 5 nitrogen and oxygen atoms in total. The minimum absolute atomic E-state index is 0.362. The Kier molecular flexibility index (Phi) is 1.99. The first kappa shape index (κ1) is 6.74. The van der Waals surface area contributed by atoms with Gasteiger partial charge in [0.15, 0.2) is 0 Å². The number of aromatic amines is 1. The van der Waals surface area contributed by atoms with Crippen molar-refractivity contribution in [1.82, 2.24) is 20.8 Å². The number of H-pyrrole nitrogens is 1. The monoisotopic (exact) mass is 137 g/mol. The number of hydrogen-bond acceptors (Lipinski definition) is 4. The van der Waals surface area contributed by atoms with Gasteiger partial charge in [-0.3, -0.25) is 5.84 Å². The highest BCUT2D eigenvalue weighted by molar-refractivity contribution is 5.12. The number of nitrogens with zero attached hydrogens (tertiary/aromatic N) is 2. The summed E-state index contributed by atoms with van der Waals surface area (Å²) in [6.45, 7) is 0. The molecule has 0 aromatic carbocycles. The molecule has 1 heterocycles. The van der Waals surface area contributed by atoms with Gasteiger partial charge in [0.1, 0.15) is 11.7 Å². The largest absolute Gasteiger partial charge is 0.270 e. The summed E-state index contributed by atoms with van der Waals surface area (Å²) in [6.07, 6.45) is 6.62. The molecule has 0 fully saturated rings. The van der Waals surface area contributed by atoms with E-state index in [1.54, 1.807) is 0 Å². The molecule has 0 radical (unpaired) electrons. The molecule has 0 aliphatic rings. The molecule has 10 heavy (non-hydrogen) atoms. The fraction of sp³-hybridized carbons (Fsp3) is 0.200. The fourth-order valence-electron chi connectivity index (χ4n) is 0.568. The molecular formula is C5H7N5. The first-order valence-corrected chi connectivity index (χ1v) is 2.66. The van der Waals surface area contributed by atoms with E-state index in [1.807, 2.05) is 0 Å². The van der Waals surface area contributed by atoms with Crippen molar-refractivity contribution in [2.45, 2.75) is 6.04 Å². The van der Waals surface area contributed by atoms with Crippen molar-refractivity contribution >= 4 is 0 Å². The summed E-state index contributed by atoms with van der Waals surface area (Å²) in [5, 5.41) is 9.74. The third kappa shape index (κ3) is 1.13. The van der Waals surface area contributed by atoms with Crippen LogP contribution in [0.5, 0.6) is 0 Å². The third-order valence-electron chi connectivity index (χ3n) is 1.06. The number of hydrazine groups is 1. The van der Waals surface area contributed by atoms with Gasteiger partial charge < -0.3 is 0 Å². The van der Waals surface area contributed by atoms with Gasteiger partial charge in [0.25, 0.3) is 0 Å². The van der Waals surface area contributed by atoms with Gasteiger partial charge in [0, 0.05) is 0 Å². The van der Waals surface area contributed by atoms with Crippen LogP contribution in [0.4, 0.5) is 0 Å². The Bertz CT molecular complexity index is 221. The van der Waals surface area contributed by atoms with Crippen molar-refractivity contribution in [2.24, 2.45) is 5.84 Å². The second-order valence-corrected chi connectivity index (χ2v) is 1.66. The highest BCUT2D eigenvalue weighted by Gasteiger charge is 2.06. The molecule has 4 N–H and O–H groups in total. The first-order valence-electron chi connectivity index (χ1n) is 2.66. The zero-order chi connectivity index (χ0) is 7.40. The van der Waals surface area contributed by atoms with Crippen molar-refractivity contribution in [3.63, 3.8) is 0 Å². The number of nitrogens with two attached hydrogens (primary N) is 1. The predicted octanol–water partition coefficient (Wildman–Crippen LogP) is -1.06. The van der Waals surface area contributed by atoms with Crippen LogP contribution in [-0.2, 0) is 0 Å². The van der Waals surface area contributed by atoms with Crippen LogP contribution in [0.3, 0.4) is 0 Å². The Balaban J connectivity index is 2.76. The molecule has 0 bridgehead atoms. The lowest BCUT2D eigenvalue weighted by Crippen LogP contribution is -2.27. The van der Waals surface area contributed by atoms with Crippen LogP contribution in [0.25, 0.3) is 0 Å². The summed E-state index contributed by atoms with van der Waals surface area (Å²) in [6, 6.07) is -0.362. The highest BCUT2D eigenvalue weighted by atomic mass is 15.3. The van der Waals surface area contributed by atoms with E-state index in [1.165, 1.54) is 6.20 Å². The minimum Gasteiger partial charge on any atom is -0.270 e. The van der Waals surface area contributed by atoms with Crippen LogP contribution in [0.1, 0.15) is 11.7 Å². The average molecular weight is 137 g/mol. The van der Waals surface area contributed by atoms with Crippen LogP contribution in [-0.4, -0.2) is 15.4 Å². The van der Waals surface area contributed by atoms with E-state index >= 15 is 0 Å². The molecule has 0 aliphatic heterocycles. The topological polar surface area (TPSA) is 79.6 Å². The van der Waals surface area contributed by atoms with Gasteiger partial charge in [-0.05, 0) is 0 Å². The van der Waals surface area contributed by atoms with E-state index in [0.717, 1.165) is 0 Å². The maximum Gasteiger partial charge on any atom is 0.127 e. The van der Waals surface area contributed by atoms with Crippen LogP contribution >= 0.6 is 0 Å². The molecule has 5 heteroatoms. The van der Waals surface area contributed by atoms with Gasteiger partial charge in [-0.25, -0.2) is 5.43 Å². The lowest BCUT2D eigenvalue weighted by atomic mass is 10.2. The summed E-state index contributed by atoms with van der Waals surface area (Å²) in [5.41, 5.74) is 3.01. The molecule has 1 aromatic heterocycles. The summed E-state index contributed by atoms with van der Waals surface area (Å²) in [5.74, 6) is 7.50. The zero-order valence-corrected chi connectivity index (χ0v) is 5.20. The van der Waals surface area contributed by atoms with Gasteiger partial charge in [-0.15, -0.1) is 6.42 Å². The average Bonchev–Trinajstić information content (AvgIpc) is 2.43. The molecule has 0 amide bonds. The number of hydrogen-bond donors (Lipinski definition) is 3. The smallest absolute Gasteiger partial charge is 0.127 e. The SMILES string of the molecule is C#CC(NN)c1cn[nH]n1. The minimum atomic E-state index is -0.362. The van der Waals surface area contributed by atoms with Crippen LogP contribution in [0.15, 0.2) is 6.20 Å². The number of aromatic nitrogens is 3. The lowest BCUT2D eigenvalue weighted by Gasteiger charge is -2.01. The Morgan fingerprint density at radius 2 is 2.70 bits per heavy atom. The van der Waals surface area contributed by atoms with Crippen molar-refractivity contribution < 1.29 is 0 Å². The second kappa shape index (κ2) is 2.96. The maximum atomic E-state index is 5.10. The third-order valence-corrected chi connectivity index (χ3v) is 1.06. The number of rotatable bonds is 2. The van der Waals surface area contributed by atoms with Crippen LogP contribution in [0.2, 0.25) is 0 Å². The van der Waals surface area contributed by atoms with E-state index in [9.17, 15) is 0 Å². The molecular weight excluding hydrogens is 130 g/mol. The molecule has 0 saturated carbocycles. The molecule has 1 aromatic rings. The highest BCUT2D eigenvalue weighted by Crippen LogP contribution is 2.02. The molecule has 1 rings (SSSR count). The molecule has 0 spiro atoms. The summed E-state index contributed by atoms with van der Waals surface area (Å²) in [4.78, 5) is 0. The summed E-state index contributed by atoms with van der Waals surface area (Å²) >= 11 is 0. The van der Waals surface area contributed by atoms with Gasteiger partial charge in [0.05, 0.1) is 6.20 Å². The molecule has 0 aliphatic carbocycles. The quantitative estimate of drug-likeness (QED) is 0.276. The standard InChI is InChI=1S/C5H7N5/c1-2-4(8-6)5-3-7-10-9-5/h1,3-4,8H,6H2,(H,7,9,10). The predicted molar refractivity (Wildman–Crippen MR) is 35.3 cm³/mol. The molecule has 52 valence electrons. The van der Waals surface area contributed by atoms with E-state index in [0.29, 0.717) is 5.69 Å².